The summed E-state index contributed by atoms with van der Waals surface area (Å²) in [6.07, 6.45) is 3.39. The molecule has 0 bridgehead atoms. The maximum Gasteiger partial charge on any atom is 0.324 e. The predicted molar refractivity (Wildman–Crippen MR) is 111 cm³/mol. The molecule has 3 rings (SSSR count). The summed E-state index contributed by atoms with van der Waals surface area (Å²) >= 11 is 0. The van der Waals surface area contributed by atoms with Gasteiger partial charge in [0.2, 0.25) is 10.0 Å². The van der Waals surface area contributed by atoms with Crippen LogP contribution in [0.5, 0.6) is 5.75 Å². The van der Waals surface area contributed by atoms with E-state index in [2.05, 4.69) is 0 Å². The monoisotopic (exact) mass is 438 g/mol. The molecular formula is C21H30N2O6S. The van der Waals surface area contributed by atoms with E-state index in [1.165, 1.54) is 4.31 Å². The number of amides is 1. The fourth-order valence-electron chi connectivity index (χ4n) is 3.73. The van der Waals surface area contributed by atoms with Crippen molar-refractivity contribution in [1.29, 1.82) is 0 Å². The lowest BCUT2D eigenvalue weighted by Crippen LogP contribution is -2.43. The van der Waals surface area contributed by atoms with E-state index >= 15 is 0 Å². The van der Waals surface area contributed by atoms with Crippen LogP contribution in [0.25, 0.3) is 0 Å². The highest BCUT2D eigenvalue weighted by Gasteiger charge is 2.40. The molecule has 0 radical (unpaired) electrons. The smallest absolute Gasteiger partial charge is 0.324 e. The van der Waals surface area contributed by atoms with Crippen molar-refractivity contribution in [3.63, 3.8) is 0 Å². The zero-order valence-electron chi connectivity index (χ0n) is 17.6. The summed E-state index contributed by atoms with van der Waals surface area (Å²) in [5.41, 5.74) is 0.968. The fraction of sp³-hybridized carbons (Fsp3) is 0.619. The minimum absolute atomic E-state index is 0.00697. The highest BCUT2D eigenvalue weighted by atomic mass is 32.2. The summed E-state index contributed by atoms with van der Waals surface area (Å²) in [7, 11) is -1.88. The minimum atomic E-state index is -3.48. The maximum absolute atomic E-state index is 12.7. The van der Waals surface area contributed by atoms with Crippen LogP contribution in [0.4, 0.5) is 0 Å². The van der Waals surface area contributed by atoms with Gasteiger partial charge < -0.3 is 14.4 Å². The van der Waals surface area contributed by atoms with E-state index in [0.717, 1.165) is 24.2 Å². The molecule has 0 spiro atoms. The van der Waals surface area contributed by atoms with Crippen LogP contribution in [0, 0.1) is 0 Å². The van der Waals surface area contributed by atoms with E-state index in [1.54, 1.807) is 18.9 Å². The molecule has 9 heteroatoms. The number of hydrogen-bond donors (Lipinski definition) is 0. The van der Waals surface area contributed by atoms with Crippen LogP contribution in [0.3, 0.4) is 0 Å². The van der Waals surface area contributed by atoms with Crippen molar-refractivity contribution in [1.82, 2.24) is 9.21 Å². The summed E-state index contributed by atoms with van der Waals surface area (Å²) in [5, 5.41) is 0. The second kappa shape index (κ2) is 9.78. The Hall–Kier alpha value is -2.13. The van der Waals surface area contributed by atoms with Crippen molar-refractivity contribution in [3.8, 4) is 5.75 Å². The Balaban J connectivity index is 1.57. The first-order valence-corrected chi connectivity index (χ1v) is 12.0. The van der Waals surface area contributed by atoms with E-state index in [0.29, 0.717) is 32.4 Å². The molecule has 2 fully saturated rings. The first kappa shape index (κ1) is 22.6. The van der Waals surface area contributed by atoms with Gasteiger partial charge >= 0.3 is 5.97 Å². The number of sulfonamides is 1. The average molecular weight is 439 g/mol. The second-order valence-corrected chi connectivity index (χ2v) is 9.83. The summed E-state index contributed by atoms with van der Waals surface area (Å²) in [6, 6.07) is 6.83. The molecule has 1 saturated carbocycles. The highest BCUT2D eigenvalue weighted by Crippen LogP contribution is 2.29. The van der Waals surface area contributed by atoms with Gasteiger partial charge in [0.25, 0.3) is 5.91 Å². The van der Waals surface area contributed by atoms with Gasteiger partial charge in [-0.1, -0.05) is 19.1 Å². The summed E-state index contributed by atoms with van der Waals surface area (Å²) < 4.78 is 36.4. The average Bonchev–Trinajstić information content (AvgIpc) is 3.44. The molecule has 1 aliphatic heterocycles. The first-order chi connectivity index (χ1) is 14.4. The molecule has 0 aromatic heterocycles. The fourth-order valence-corrected chi connectivity index (χ4v) is 5.47. The molecule has 166 valence electrons. The van der Waals surface area contributed by atoms with Crippen LogP contribution in [-0.2, 0) is 30.9 Å². The maximum atomic E-state index is 12.7. The first-order valence-electron chi connectivity index (χ1n) is 10.4. The van der Waals surface area contributed by atoms with Crippen molar-refractivity contribution in [2.45, 2.75) is 57.7 Å². The summed E-state index contributed by atoms with van der Waals surface area (Å²) in [4.78, 5) is 27.0. The number of rotatable bonds is 10. The Labute approximate surface area is 178 Å². The second-order valence-electron chi connectivity index (χ2n) is 7.79. The zero-order chi connectivity index (χ0) is 21.7. The Bertz CT molecular complexity index is 851. The van der Waals surface area contributed by atoms with Gasteiger partial charge in [-0.2, -0.15) is 4.31 Å². The predicted octanol–water partition coefficient (Wildman–Crippen LogP) is 1.93. The molecule has 1 aliphatic carbocycles. The largest absolute Gasteiger partial charge is 0.497 e. The summed E-state index contributed by atoms with van der Waals surface area (Å²) in [6.45, 7) is 2.17. The SMILES string of the molecule is CCCS(=O)(=O)N1CCCC1C(=O)OCC(=O)N(Cc1ccc(OC)cc1)C1CC1. The molecular weight excluding hydrogens is 408 g/mol. The number of hydrogen-bond acceptors (Lipinski definition) is 6. The van der Waals surface area contributed by atoms with Gasteiger partial charge in [0.15, 0.2) is 6.61 Å². The lowest BCUT2D eigenvalue weighted by molar-refractivity contribution is -0.155. The third-order valence-corrected chi connectivity index (χ3v) is 7.53. The molecule has 1 saturated heterocycles. The topological polar surface area (TPSA) is 93.2 Å². The van der Waals surface area contributed by atoms with Crippen molar-refractivity contribution < 1.29 is 27.5 Å². The third-order valence-electron chi connectivity index (χ3n) is 5.45. The van der Waals surface area contributed by atoms with Crippen molar-refractivity contribution in [2.24, 2.45) is 0 Å². The molecule has 1 atom stereocenters. The van der Waals surface area contributed by atoms with Crippen molar-refractivity contribution >= 4 is 21.9 Å². The van der Waals surface area contributed by atoms with Crippen molar-refractivity contribution in [2.75, 3.05) is 26.0 Å². The molecule has 1 aromatic rings. The Morgan fingerprint density at radius 1 is 1.17 bits per heavy atom. The Morgan fingerprint density at radius 2 is 1.87 bits per heavy atom. The molecule has 8 nitrogen and oxygen atoms in total. The molecule has 2 aliphatic rings. The molecule has 30 heavy (non-hydrogen) atoms. The number of carbonyl (C=O) groups excluding carboxylic acids is 2. The summed E-state index contributed by atoms with van der Waals surface area (Å²) in [5.74, 6) is -0.146. The standard InChI is InChI=1S/C21H30N2O6S/c1-3-13-30(26,27)23-12-4-5-19(23)21(25)29-15-20(24)22(17-8-9-17)14-16-6-10-18(28-2)11-7-16/h6-7,10-11,17,19H,3-5,8-9,12-15H2,1-2H3. The van der Waals surface area contributed by atoms with Gasteiger partial charge in [-0.3, -0.25) is 9.59 Å². The normalized spacial score (nSPS) is 19.5. The molecule has 1 amide bonds. The molecule has 1 unspecified atom stereocenters. The van der Waals surface area contributed by atoms with Crippen LogP contribution in [0.2, 0.25) is 0 Å². The van der Waals surface area contributed by atoms with Crippen molar-refractivity contribution in [3.05, 3.63) is 29.8 Å². The van der Waals surface area contributed by atoms with Crippen LogP contribution in [0.1, 0.15) is 44.6 Å². The number of benzene rings is 1. The molecule has 1 aromatic carbocycles. The number of carbonyl (C=O) groups is 2. The quantitative estimate of drug-likeness (QED) is 0.518. The minimum Gasteiger partial charge on any atom is -0.497 e. The van der Waals surface area contributed by atoms with E-state index in [4.69, 9.17) is 9.47 Å². The highest BCUT2D eigenvalue weighted by molar-refractivity contribution is 7.89. The van der Waals surface area contributed by atoms with Gasteiger partial charge in [-0.05, 0) is 49.8 Å². The van der Waals surface area contributed by atoms with E-state index in [-0.39, 0.29) is 24.3 Å². The van der Waals surface area contributed by atoms with E-state index < -0.39 is 22.0 Å². The molecule has 0 N–H and O–H groups in total. The zero-order valence-corrected chi connectivity index (χ0v) is 18.4. The Morgan fingerprint density at radius 3 is 2.47 bits per heavy atom. The Kier molecular flexibility index (Phi) is 7.36. The van der Waals surface area contributed by atoms with Gasteiger partial charge in [0.1, 0.15) is 11.8 Å². The number of esters is 1. The third kappa shape index (κ3) is 5.51. The number of ether oxygens (including phenoxy) is 2. The number of nitrogens with zero attached hydrogens (tertiary/aromatic N) is 2. The lowest BCUT2D eigenvalue weighted by Gasteiger charge is -2.25. The van der Waals surface area contributed by atoms with E-state index in [9.17, 15) is 18.0 Å². The van der Waals surface area contributed by atoms with Crippen LogP contribution >= 0.6 is 0 Å². The number of methoxy groups -OCH3 is 1. The lowest BCUT2D eigenvalue weighted by atomic mass is 10.2. The van der Waals surface area contributed by atoms with Gasteiger partial charge in [-0.15, -0.1) is 0 Å². The van der Waals surface area contributed by atoms with Gasteiger partial charge in [-0.25, -0.2) is 8.42 Å². The van der Waals surface area contributed by atoms with Crippen LogP contribution < -0.4 is 4.74 Å². The van der Waals surface area contributed by atoms with Crippen LogP contribution in [0.15, 0.2) is 24.3 Å². The van der Waals surface area contributed by atoms with Gasteiger partial charge in [0, 0.05) is 19.1 Å². The van der Waals surface area contributed by atoms with E-state index in [1.807, 2.05) is 24.3 Å². The van der Waals surface area contributed by atoms with Gasteiger partial charge in [0.05, 0.1) is 12.9 Å². The molecule has 1 heterocycles. The van der Waals surface area contributed by atoms with Crippen LogP contribution in [-0.4, -0.2) is 67.6 Å².